The zero-order valence-electron chi connectivity index (χ0n) is 9.70. The topological polar surface area (TPSA) is 68.3 Å². The fourth-order valence-corrected chi connectivity index (χ4v) is 2.40. The summed E-state index contributed by atoms with van der Waals surface area (Å²) in [5.41, 5.74) is 0.472. The standard InChI is InChI=1S/C12H12N2O3S/c1-17-11-6-4-10(5-7-11)14-18(15,16)12-3-2-8-13-9-12/h2-9,14H,1H3. The average Bonchev–Trinajstić information content (AvgIpc) is 2.40. The van der Waals surface area contributed by atoms with E-state index in [1.54, 1.807) is 37.4 Å². The van der Waals surface area contributed by atoms with Crippen LogP contribution >= 0.6 is 0 Å². The fourth-order valence-electron chi connectivity index (χ4n) is 1.38. The molecule has 94 valence electrons. The Hall–Kier alpha value is -2.08. The molecule has 5 nitrogen and oxygen atoms in total. The lowest BCUT2D eigenvalue weighted by atomic mass is 10.3. The van der Waals surface area contributed by atoms with E-state index in [-0.39, 0.29) is 4.90 Å². The largest absolute Gasteiger partial charge is 0.497 e. The van der Waals surface area contributed by atoms with Crippen LogP contribution in [0.3, 0.4) is 0 Å². The highest BCUT2D eigenvalue weighted by molar-refractivity contribution is 7.92. The third-order valence-electron chi connectivity index (χ3n) is 2.29. The number of nitrogens with zero attached hydrogens (tertiary/aromatic N) is 1. The molecular formula is C12H12N2O3S. The molecule has 0 aliphatic rings. The highest BCUT2D eigenvalue weighted by Crippen LogP contribution is 2.18. The molecule has 0 unspecified atom stereocenters. The van der Waals surface area contributed by atoms with E-state index in [0.717, 1.165) is 0 Å². The van der Waals surface area contributed by atoms with Gasteiger partial charge in [0.05, 0.1) is 7.11 Å². The molecule has 0 aliphatic carbocycles. The summed E-state index contributed by atoms with van der Waals surface area (Å²) in [6.45, 7) is 0. The Morgan fingerprint density at radius 2 is 1.89 bits per heavy atom. The van der Waals surface area contributed by atoms with Crippen LogP contribution in [-0.4, -0.2) is 20.5 Å². The van der Waals surface area contributed by atoms with E-state index >= 15 is 0 Å². The summed E-state index contributed by atoms with van der Waals surface area (Å²) >= 11 is 0. The van der Waals surface area contributed by atoms with Crippen molar-refractivity contribution in [1.29, 1.82) is 0 Å². The molecule has 1 heterocycles. The van der Waals surface area contributed by atoms with Gasteiger partial charge in [0, 0.05) is 18.1 Å². The number of pyridine rings is 1. The molecule has 0 aliphatic heterocycles. The van der Waals surface area contributed by atoms with Crippen molar-refractivity contribution in [2.75, 3.05) is 11.8 Å². The van der Waals surface area contributed by atoms with E-state index in [2.05, 4.69) is 9.71 Å². The van der Waals surface area contributed by atoms with E-state index in [4.69, 9.17) is 4.74 Å². The van der Waals surface area contributed by atoms with Gasteiger partial charge in [0.15, 0.2) is 0 Å². The lowest BCUT2D eigenvalue weighted by Gasteiger charge is -2.08. The molecule has 0 amide bonds. The Balaban J connectivity index is 2.22. The lowest BCUT2D eigenvalue weighted by Crippen LogP contribution is -2.12. The predicted octanol–water partition coefficient (Wildman–Crippen LogP) is 1.89. The SMILES string of the molecule is COc1ccc(NS(=O)(=O)c2cccnc2)cc1. The van der Waals surface area contributed by atoms with Crippen molar-refractivity contribution in [2.45, 2.75) is 4.90 Å². The number of hydrogen-bond donors (Lipinski definition) is 1. The highest BCUT2D eigenvalue weighted by atomic mass is 32.2. The molecule has 1 aromatic carbocycles. The van der Waals surface area contributed by atoms with Crippen LogP contribution in [0.15, 0.2) is 53.7 Å². The Morgan fingerprint density at radius 3 is 2.44 bits per heavy atom. The van der Waals surface area contributed by atoms with Gasteiger partial charge in [-0.1, -0.05) is 0 Å². The number of hydrogen-bond acceptors (Lipinski definition) is 4. The number of nitrogens with one attached hydrogen (secondary N) is 1. The number of aromatic nitrogens is 1. The molecule has 0 bridgehead atoms. The molecule has 0 saturated heterocycles. The van der Waals surface area contributed by atoms with Gasteiger partial charge in [-0.2, -0.15) is 0 Å². The normalized spacial score (nSPS) is 10.9. The quantitative estimate of drug-likeness (QED) is 0.915. The van der Waals surface area contributed by atoms with Crippen LogP contribution in [0.2, 0.25) is 0 Å². The van der Waals surface area contributed by atoms with Crippen LogP contribution < -0.4 is 9.46 Å². The van der Waals surface area contributed by atoms with Gasteiger partial charge in [-0.15, -0.1) is 0 Å². The van der Waals surface area contributed by atoms with Crippen molar-refractivity contribution >= 4 is 15.7 Å². The maximum absolute atomic E-state index is 12.0. The first-order valence-electron chi connectivity index (χ1n) is 5.19. The van der Waals surface area contributed by atoms with E-state index in [1.807, 2.05) is 0 Å². The molecule has 6 heteroatoms. The Bertz CT molecular complexity index is 610. The minimum absolute atomic E-state index is 0.126. The molecule has 0 spiro atoms. The third-order valence-corrected chi connectivity index (χ3v) is 3.65. The first-order chi connectivity index (χ1) is 8.62. The minimum atomic E-state index is -3.59. The van der Waals surface area contributed by atoms with Crippen LogP contribution in [0, 0.1) is 0 Å². The molecule has 1 aromatic heterocycles. The van der Waals surface area contributed by atoms with Crippen LogP contribution in [0.5, 0.6) is 5.75 Å². The van der Waals surface area contributed by atoms with Gasteiger partial charge in [-0.3, -0.25) is 9.71 Å². The summed E-state index contributed by atoms with van der Waals surface area (Å²) in [7, 11) is -2.04. The highest BCUT2D eigenvalue weighted by Gasteiger charge is 2.13. The second kappa shape index (κ2) is 5.05. The van der Waals surface area contributed by atoms with Gasteiger partial charge in [0.2, 0.25) is 0 Å². The first kappa shape index (κ1) is 12.4. The van der Waals surface area contributed by atoms with E-state index in [1.165, 1.54) is 18.5 Å². The molecule has 2 rings (SSSR count). The summed E-state index contributed by atoms with van der Waals surface area (Å²) in [6, 6.07) is 9.68. The second-order valence-corrected chi connectivity index (χ2v) is 5.21. The third kappa shape index (κ3) is 2.78. The molecular weight excluding hydrogens is 252 g/mol. The Kier molecular flexibility index (Phi) is 3.47. The molecule has 0 atom stereocenters. The van der Waals surface area contributed by atoms with Crippen molar-refractivity contribution in [2.24, 2.45) is 0 Å². The number of sulfonamides is 1. The number of rotatable bonds is 4. The van der Waals surface area contributed by atoms with Gasteiger partial charge < -0.3 is 4.74 Å². The number of benzene rings is 1. The molecule has 1 N–H and O–H groups in total. The zero-order chi connectivity index (χ0) is 13.0. The van der Waals surface area contributed by atoms with E-state index in [0.29, 0.717) is 11.4 Å². The molecule has 2 aromatic rings. The van der Waals surface area contributed by atoms with Crippen molar-refractivity contribution in [3.05, 3.63) is 48.8 Å². The second-order valence-electron chi connectivity index (χ2n) is 3.52. The smallest absolute Gasteiger partial charge is 0.263 e. The summed E-state index contributed by atoms with van der Waals surface area (Å²) in [5, 5.41) is 0. The summed E-state index contributed by atoms with van der Waals surface area (Å²) in [5.74, 6) is 0.666. The first-order valence-corrected chi connectivity index (χ1v) is 6.67. The van der Waals surface area contributed by atoms with Crippen LogP contribution in [0.4, 0.5) is 5.69 Å². The fraction of sp³-hybridized carbons (Fsp3) is 0.0833. The van der Waals surface area contributed by atoms with Gasteiger partial charge in [-0.05, 0) is 36.4 Å². The van der Waals surface area contributed by atoms with Crippen molar-refractivity contribution in [1.82, 2.24) is 4.98 Å². The summed E-state index contributed by atoms with van der Waals surface area (Å²) in [4.78, 5) is 3.91. The van der Waals surface area contributed by atoms with Gasteiger partial charge in [-0.25, -0.2) is 8.42 Å². The summed E-state index contributed by atoms with van der Waals surface area (Å²) < 4.78 is 31.4. The van der Waals surface area contributed by atoms with Crippen LogP contribution in [0.1, 0.15) is 0 Å². The van der Waals surface area contributed by atoms with Crippen molar-refractivity contribution in [3.8, 4) is 5.75 Å². The number of anilines is 1. The molecule has 0 radical (unpaired) electrons. The minimum Gasteiger partial charge on any atom is -0.497 e. The average molecular weight is 264 g/mol. The summed E-state index contributed by atoms with van der Waals surface area (Å²) in [6.07, 6.45) is 2.82. The molecule has 0 fully saturated rings. The van der Waals surface area contributed by atoms with Crippen LogP contribution in [0.25, 0.3) is 0 Å². The van der Waals surface area contributed by atoms with E-state index in [9.17, 15) is 8.42 Å². The van der Waals surface area contributed by atoms with Crippen molar-refractivity contribution in [3.63, 3.8) is 0 Å². The molecule has 0 saturated carbocycles. The monoisotopic (exact) mass is 264 g/mol. The van der Waals surface area contributed by atoms with E-state index < -0.39 is 10.0 Å². The van der Waals surface area contributed by atoms with Gasteiger partial charge in [0.25, 0.3) is 10.0 Å². The van der Waals surface area contributed by atoms with Gasteiger partial charge >= 0.3 is 0 Å². The lowest BCUT2D eigenvalue weighted by molar-refractivity contribution is 0.415. The van der Waals surface area contributed by atoms with Crippen LogP contribution in [-0.2, 0) is 10.0 Å². The zero-order valence-corrected chi connectivity index (χ0v) is 10.5. The Morgan fingerprint density at radius 1 is 1.17 bits per heavy atom. The number of methoxy groups -OCH3 is 1. The maximum atomic E-state index is 12.0. The molecule has 18 heavy (non-hydrogen) atoms. The Labute approximate surface area is 105 Å². The number of ether oxygens (including phenoxy) is 1. The van der Waals surface area contributed by atoms with Gasteiger partial charge in [0.1, 0.15) is 10.6 Å². The maximum Gasteiger partial charge on any atom is 0.263 e. The van der Waals surface area contributed by atoms with Crippen molar-refractivity contribution < 1.29 is 13.2 Å². The predicted molar refractivity (Wildman–Crippen MR) is 68.0 cm³/mol.